The second-order valence-electron chi connectivity index (χ2n) is 4.05. The number of carbonyl (C=O) groups is 2. The van der Waals surface area contributed by atoms with Gasteiger partial charge in [0.2, 0.25) is 0 Å². The molecule has 18 heavy (non-hydrogen) atoms. The van der Waals surface area contributed by atoms with Crippen molar-refractivity contribution in [3.63, 3.8) is 0 Å². The predicted molar refractivity (Wildman–Crippen MR) is 69.2 cm³/mol. The fraction of sp³-hybridized carbons (Fsp3) is 0.333. The van der Waals surface area contributed by atoms with E-state index in [0.29, 0.717) is 0 Å². The van der Waals surface area contributed by atoms with Gasteiger partial charge in [-0.3, -0.25) is 9.59 Å². The van der Waals surface area contributed by atoms with Crippen LogP contribution in [0.25, 0.3) is 0 Å². The molecular formula is C12H14BrNO4. The van der Waals surface area contributed by atoms with Crippen LogP contribution in [0.15, 0.2) is 28.7 Å². The predicted octanol–water partition coefficient (Wildman–Crippen LogP) is 1.49. The first-order valence-corrected chi connectivity index (χ1v) is 6.15. The summed E-state index contributed by atoms with van der Waals surface area (Å²) >= 11 is 3.29. The zero-order chi connectivity index (χ0) is 13.7. The van der Waals surface area contributed by atoms with Gasteiger partial charge < -0.3 is 15.9 Å². The third-order valence-electron chi connectivity index (χ3n) is 2.60. The van der Waals surface area contributed by atoms with E-state index in [9.17, 15) is 9.59 Å². The highest BCUT2D eigenvalue weighted by Gasteiger charge is 2.24. The lowest BCUT2D eigenvalue weighted by atomic mass is 9.93. The summed E-state index contributed by atoms with van der Waals surface area (Å²) in [7, 11) is 0. The van der Waals surface area contributed by atoms with E-state index in [-0.39, 0.29) is 12.8 Å². The van der Waals surface area contributed by atoms with E-state index in [2.05, 4.69) is 15.9 Å². The average molecular weight is 316 g/mol. The third-order valence-corrected chi connectivity index (χ3v) is 3.13. The van der Waals surface area contributed by atoms with Gasteiger partial charge in [0.25, 0.3) is 0 Å². The van der Waals surface area contributed by atoms with Crippen LogP contribution < -0.4 is 5.73 Å². The molecule has 0 unspecified atom stereocenters. The van der Waals surface area contributed by atoms with Crippen LogP contribution in [0.2, 0.25) is 0 Å². The Morgan fingerprint density at radius 1 is 1.17 bits per heavy atom. The van der Waals surface area contributed by atoms with Crippen LogP contribution in [0.3, 0.4) is 0 Å². The zero-order valence-electron chi connectivity index (χ0n) is 9.54. The highest BCUT2D eigenvalue weighted by atomic mass is 79.9. The van der Waals surface area contributed by atoms with Crippen LogP contribution in [0, 0.1) is 5.92 Å². The minimum Gasteiger partial charge on any atom is -0.481 e. The molecule has 0 amide bonds. The number of aliphatic carboxylic acids is 2. The zero-order valence-corrected chi connectivity index (χ0v) is 11.1. The van der Waals surface area contributed by atoms with Crippen LogP contribution in [-0.4, -0.2) is 28.2 Å². The molecule has 0 aliphatic rings. The van der Waals surface area contributed by atoms with Crippen LogP contribution >= 0.6 is 15.9 Å². The fourth-order valence-electron chi connectivity index (χ4n) is 1.58. The van der Waals surface area contributed by atoms with Crippen molar-refractivity contribution in [1.82, 2.24) is 0 Å². The summed E-state index contributed by atoms with van der Waals surface area (Å²) < 4.78 is 0.903. The van der Waals surface area contributed by atoms with Crippen LogP contribution in [0.1, 0.15) is 12.0 Å². The summed E-state index contributed by atoms with van der Waals surface area (Å²) in [5.41, 5.74) is 6.20. The Morgan fingerprint density at radius 3 is 2.17 bits per heavy atom. The summed E-state index contributed by atoms with van der Waals surface area (Å²) in [6.45, 7) is 0. The van der Waals surface area contributed by atoms with Crippen molar-refractivity contribution in [3.8, 4) is 0 Å². The molecule has 0 aromatic heterocycles. The molecule has 1 aromatic rings. The number of nitrogens with two attached hydrogens (primary N) is 1. The number of carboxylic acid groups (broad SMARTS) is 2. The summed E-state index contributed by atoms with van der Waals surface area (Å²) in [6.07, 6.45) is 0.185. The Balaban J connectivity index is 2.71. The van der Waals surface area contributed by atoms with Gasteiger partial charge >= 0.3 is 11.9 Å². The van der Waals surface area contributed by atoms with Gasteiger partial charge in [-0.2, -0.15) is 0 Å². The summed E-state index contributed by atoms with van der Waals surface area (Å²) in [4.78, 5) is 21.7. The fourth-order valence-corrected chi connectivity index (χ4v) is 1.85. The highest BCUT2D eigenvalue weighted by Crippen LogP contribution is 2.17. The van der Waals surface area contributed by atoms with E-state index in [0.717, 1.165) is 10.0 Å². The second-order valence-corrected chi connectivity index (χ2v) is 4.96. The molecule has 2 atom stereocenters. The van der Waals surface area contributed by atoms with Crippen molar-refractivity contribution in [2.24, 2.45) is 11.7 Å². The summed E-state index contributed by atoms with van der Waals surface area (Å²) in [6, 6.07) is 6.07. The summed E-state index contributed by atoms with van der Waals surface area (Å²) in [5.74, 6) is -3.01. The van der Waals surface area contributed by atoms with Crippen molar-refractivity contribution in [1.29, 1.82) is 0 Å². The lowest BCUT2D eigenvalue weighted by Crippen LogP contribution is -2.35. The van der Waals surface area contributed by atoms with E-state index >= 15 is 0 Å². The largest absolute Gasteiger partial charge is 0.481 e. The minimum atomic E-state index is -1.18. The molecule has 0 radical (unpaired) electrons. The van der Waals surface area contributed by atoms with Crippen LogP contribution in [-0.2, 0) is 16.0 Å². The standard InChI is InChI=1S/C12H14BrNO4/c13-9-3-1-7(2-4-9)5-8(11(15)16)6-10(14)12(17)18/h1-4,8,10H,5-6,14H2,(H,15,16)(H,17,18)/t8-,10-/m1/s1. The molecule has 0 fully saturated rings. The molecule has 0 heterocycles. The van der Waals surface area contributed by atoms with Crippen molar-refractivity contribution in [2.45, 2.75) is 18.9 Å². The second kappa shape index (κ2) is 6.51. The SMILES string of the molecule is N[C@H](C[C@@H](Cc1ccc(Br)cc1)C(=O)O)C(=O)O. The molecule has 1 rings (SSSR count). The molecule has 0 spiro atoms. The molecule has 98 valence electrons. The lowest BCUT2D eigenvalue weighted by Gasteiger charge is -2.14. The van der Waals surface area contributed by atoms with Gasteiger partial charge in [0.05, 0.1) is 5.92 Å². The molecule has 0 aliphatic carbocycles. The Kier molecular flexibility index (Phi) is 5.30. The number of benzene rings is 1. The molecule has 5 nitrogen and oxygen atoms in total. The Bertz CT molecular complexity index is 432. The van der Waals surface area contributed by atoms with Crippen molar-refractivity contribution in [3.05, 3.63) is 34.3 Å². The van der Waals surface area contributed by atoms with E-state index in [4.69, 9.17) is 15.9 Å². The molecule has 0 bridgehead atoms. The maximum Gasteiger partial charge on any atom is 0.320 e. The minimum absolute atomic E-state index is 0.0826. The number of carboxylic acids is 2. The Labute approximate surface area is 113 Å². The molecular weight excluding hydrogens is 302 g/mol. The molecule has 0 saturated heterocycles. The molecule has 1 aromatic carbocycles. The Hall–Kier alpha value is -1.40. The van der Waals surface area contributed by atoms with Gasteiger partial charge in [0.15, 0.2) is 0 Å². The van der Waals surface area contributed by atoms with Gasteiger partial charge in [-0.1, -0.05) is 28.1 Å². The van der Waals surface area contributed by atoms with E-state index in [1.165, 1.54) is 0 Å². The van der Waals surface area contributed by atoms with Gasteiger partial charge in [-0.05, 0) is 30.5 Å². The van der Waals surface area contributed by atoms with E-state index < -0.39 is 23.9 Å². The van der Waals surface area contributed by atoms with Crippen molar-refractivity contribution in [2.75, 3.05) is 0 Å². The molecule has 0 saturated carbocycles. The van der Waals surface area contributed by atoms with E-state index in [1.54, 1.807) is 12.1 Å². The highest BCUT2D eigenvalue weighted by molar-refractivity contribution is 9.10. The maximum atomic E-state index is 11.1. The summed E-state index contributed by atoms with van der Waals surface area (Å²) in [5, 5.41) is 17.8. The third kappa shape index (κ3) is 4.46. The smallest absolute Gasteiger partial charge is 0.320 e. The molecule has 0 aliphatic heterocycles. The van der Waals surface area contributed by atoms with Crippen molar-refractivity contribution < 1.29 is 19.8 Å². The molecule has 4 N–H and O–H groups in total. The quantitative estimate of drug-likeness (QED) is 0.738. The monoisotopic (exact) mass is 315 g/mol. The topological polar surface area (TPSA) is 101 Å². The van der Waals surface area contributed by atoms with Gasteiger partial charge in [-0.15, -0.1) is 0 Å². The van der Waals surface area contributed by atoms with Gasteiger partial charge in [-0.25, -0.2) is 0 Å². The van der Waals surface area contributed by atoms with Crippen LogP contribution in [0.5, 0.6) is 0 Å². The van der Waals surface area contributed by atoms with Crippen LogP contribution in [0.4, 0.5) is 0 Å². The number of hydrogen-bond donors (Lipinski definition) is 3. The number of rotatable bonds is 6. The Morgan fingerprint density at radius 2 is 1.72 bits per heavy atom. The molecule has 6 heteroatoms. The van der Waals surface area contributed by atoms with E-state index in [1.807, 2.05) is 12.1 Å². The number of halogens is 1. The first-order valence-electron chi connectivity index (χ1n) is 5.35. The first kappa shape index (κ1) is 14.7. The van der Waals surface area contributed by atoms with Gasteiger partial charge in [0.1, 0.15) is 6.04 Å². The van der Waals surface area contributed by atoms with Gasteiger partial charge in [0, 0.05) is 4.47 Å². The average Bonchev–Trinajstić information content (AvgIpc) is 2.30. The normalized spacial score (nSPS) is 13.9. The maximum absolute atomic E-state index is 11.1. The first-order chi connectivity index (χ1) is 8.40. The van der Waals surface area contributed by atoms with Crippen molar-refractivity contribution >= 4 is 27.9 Å². The number of hydrogen-bond acceptors (Lipinski definition) is 3. The lowest BCUT2D eigenvalue weighted by molar-refractivity contribution is -0.143.